The van der Waals surface area contributed by atoms with Crippen LogP contribution in [-0.2, 0) is 25.4 Å². The second-order valence-electron chi connectivity index (χ2n) is 10.3. The summed E-state index contributed by atoms with van der Waals surface area (Å²) in [5.41, 5.74) is 1.39. The van der Waals surface area contributed by atoms with Gasteiger partial charge < -0.3 is 19.2 Å². The second-order valence-corrected chi connectivity index (χ2v) is 10.7. The molecule has 1 amide bonds. The van der Waals surface area contributed by atoms with E-state index in [0.29, 0.717) is 47.2 Å². The van der Waals surface area contributed by atoms with Gasteiger partial charge in [0.25, 0.3) is 5.56 Å². The fourth-order valence-electron chi connectivity index (χ4n) is 4.69. The molecule has 10 nitrogen and oxygen atoms in total. The lowest BCUT2D eigenvalue weighted by molar-refractivity contribution is 0.0272. The molecule has 1 aromatic carbocycles. The summed E-state index contributed by atoms with van der Waals surface area (Å²) in [6.45, 7) is 6.36. The number of benzene rings is 1. The summed E-state index contributed by atoms with van der Waals surface area (Å²) in [6, 6.07) is 7.37. The van der Waals surface area contributed by atoms with E-state index in [9.17, 15) is 14.4 Å². The van der Waals surface area contributed by atoms with Gasteiger partial charge in [0.15, 0.2) is 11.2 Å². The number of nitrogens with one attached hydrogen (secondary N) is 1. The summed E-state index contributed by atoms with van der Waals surface area (Å²) in [7, 11) is 3.35. The third kappa shape index (κ3) is 4.46. The molecule has 4 heterocycles. The molecular weight excluding hydrogens is 496 g/mol. The van der Waals surface area contributed by atoms with Crippen LogP contribution in [0.15, 0.2) is 39.9 Å². The number of carbonyl (C=O) groups is 1. The van der Waals surface area contributed by atoms with Crippen LogP contribution in [-0.4, -0.2) is 53.4 Å². The Bertz CT molecular complexity index is 1700. The van der Waals surface area contributed by atoms with Gasteiger partial charge in [0.1, 0.15) is 11.4 Å². The van der Waals surface area contributed by atoms with Crippen LogP contribution in [0.3, 0.4) is 0 Å². The molecule has 1 aliphatic rings. The second kappa shape index (κ2) is 8.95. The van der Waals surface area contributed by atoms with E-state index < -0.39 is 22.9 Å². The number of fused-ring (bicyclic) bond motifs is 2. The molecule has 0 saturated heterocycles. The van der Waals surface area contributed by atoms with E-state index in [0.717, 1.165) is 16.5 Å². The third-order valence-electron chi connectivity index (χ3n) is 6.45. The molecule has 194 valence electrons. The topological polar surface area (TPSA) is 107 Å². The molecule has 1 N–H and O–H groups in total. The number of nitrogens with zero attached hydrogens (tertiary/aromatic N) is 5. The number of imidazole rings is 1. The average Bonchev–Trinajstić information content (AvgIpc) is 3.41. The van der Waals surface area contributed by atoms with E-state index in [-0.39, 0.29) is 6.54 Å². The van der Waals surface area contributed by atoms with Crippen molar-refractivity contribution in [3.8, 4) is 0 Å². The minimum atomic E-state index is -0.601. The van der Waals surface area contributed by atoms with Gasteiger partial charge in [-0.2, -0.15) is 0 Å². The Labute approximate surface area is 217 Å². The van der Waals surface area contributed by atoms with Crippen LogP contribution in [0.2, 0.25) is 5.02 Å². The van der Waals surface area contributed by atoms with Crippen molar-refractivity contribution in [2.45, 2.75) is 39.3 Å². The number of aryl methyl sites for hydroxylation is 2. The van der Waals surface area contributed by atoms with Crippen molar-refractivity contribution in [2.24, 2.45) is 14.1 Å². The maximum absolute atomic E-state index is 13.6. The normalized spacial score (nSPS) is 14.4. The van der Waals surface area contributed by atoms with Crippen molar-refractivity contribution in [3.63, 3.8) is 0 Å². The molecule has 0 atom stereocenters. The largest absolute Gasteiger partial charge is 0.444 e. The number of hydrogen-bond donors (Lipinski definition) is 1. The van der Waals surface area contributed by atoms with Gasteiger partial charge in [-0.3, -0.25) is 13.9 Å². The highest BCUT2D eigenvalue weighted by atomic mass is 35.5. The number of H-pyrrole nitrogens is 1. The molecule has 0 radical (unpaired) electrons. The summed E-state index contributed by atoms with van der Waals surface area (Å²) in [5.74, 6) is 0.533. The van der Waals surface area contributed by atoms with Gasteiger partial charge >= 0.3 is 11.8 Å². The predicted molar refractivity (Wildman–Crippen MR) is 143 cm³/mol. The molecule has 5 rings (SSSR count). The number of amides is 1. The molecule has 4 aromatic rings. The van der Waals surface area contributed by atoms with Crippen LogP contribution in [0.4, 0.5) is 4.79 Å². The molecule has 3 aromatic heterocycles. The van der Waals surface area contributed by atoms with Gasteiger partial charge in [0.2, 0.25) is 0 Å². The fourth-order valence-corrected chi connectivity index (χ4v) is 4.92. The highest BCUT2D eigenvalue weighted by Gasteiger charge is 2.27. The number of hydrogen-bond acceptors (Lipinski definition) is 5. The van der Waals surface area contributed by atoms with Crippen molar-refractivity contribution in [1.29, 1.82) is 0 Å². The molecule has 11 heteroatoms. The van der Waals surface area contributed by atoms with Crippen molar-refractivity contribution in [2.75, 3.05) is 13.1 Å². The Morgan fingerprint density at radius 1 is 1.19 bits per heavy atom. The van der Waals surface area contributed by atoms with Gasteiger partial charge in [-0.25, -0.2) is 14.6 Å². The lowest BCUT2D eigenvalue weighted by atomic mass is 10.1. The molecule has 0 aliphatic carbocycles. The first-order valence-electron chi connectivity index (χ1n) is 12.0. The molecule has 1 aliphatic heterocycles. The van der Waals surface area contributed by atoms with Crippen LogP contribution in [0.25, 0.3) is 27.6 Å². The first kappa shape index (κ1) is 24.9. The van der Waals surface area contributed by atoms with Crippen molar-refractivity contribution in [3.05, 3.63) is 67.7 Å². The molecule has 0 saturated carbocycles. The Balaban J connectivity index is 1.54. The zero-order valence-corrected chi connectivity index (χ0v) is 22.2. The maximum atomic E-state index is 13.6. The smallest absolute Gasteiger partial charge is 0.410 e. The van der Waals surface area contributed by atoms with Gasteiger partial charge in [-0.15, -0.1) is 0 Å². The SMILES string of the molecule is Cn1c(C2=CCCN(C(=O)OC(C)(C)C)C2)nc2c1c(=O)n(Cc1cc3c(Cl)cccc3[nH]1)c(=O)n2C. The highest BCUT2D eigenvalue weighted by Crippen LogP contribution is 2.25. The minimum absolute atomic E-state index is 0.0576. The van der Waals surface area contributed by atoms with Crippen molar-refractivity contribution >= 4 is 45.3 Å². The summed E-state index contributed by atoms with van der Waals surface area (Å²) in [6.07, 6.45) is 2.24. The first-order chi connectivity index (χ1) is 17.4. The Morgan fingerprint density at radius 2 is 1.95 bits per heavy atom. The molecule has 0 unspecified atom stereocenters. The Morgan fingerprint density at radius 3 is 2.65 bits per heavy atom. The van der Waals surface area contributed by atoms with Crippen LogP contribution in [0.5, 0.6) is 0 Å². The van der Waals surface area contributed by atoms with Crippen molar-refractivity contribution < 1.29 is 9.53 Å². The van der Waals surface area contributed by atoms with Crippen LogP contribution >= 0.6 is 11.6 Å². The lowest BCUT2D eigenvalue weighted by Crippen LogP contribution is -2.40. The molecular formula is C26H29ClN6O4. The standard InChI is InChI=1S/C26H29ClN6O4/c1-26(2,3)37-25(36)32-11-7-8-15(13-32)21-29-22-20(30(21)4)23(34)33(24(35)31(22)5)14-16-12-17-18(27)9-6-10-19(17)28-16/h6,8-10,12,28H,7,11,13-14H2,1-5H3. The predicted octanol–water partition coefficient (Wildman–Crippen LogP) is 3.64. The maximum Gasteiger partial charge on any atom is 0.410 e. The van der Waals surface area contributed by atoms with Gasteiger partial charge in [-0.1, -0.05) is 23.7 Å². The number of ether oxygens (including phenoxy) is 1. The number of aromatic amines is 1. The van der Waals surface area contributed by atoms with E-state index in [1.165, 1.54) is 9.13 Å². The fraction of sp³-hybridized carbons (Fsp3) is 0.385. The lowest BCUT2D eigenvalue weighted by Gasteiger charge is -2.30. The van der Waals surface area contributed by atoms with E-state index >= 15 is 0 Å². The van der Waals surface area contributed by atoms with Gasteiger partial charge in [0, 0.05) is 47.8 Å². The van der Waals surface area contributed by atoms with Crippen LogP contribution < -0.4 is 11.2 Å². The quantitative estimate of drug-likeness (QED) is 0.440. The molecule has 0 fully saturated rings. The monoisotopic (exact) mass is 524 g/mol. The van der Waals surface area contributed by atoms with E-state index in [1.54, 1.807) is 29.6 Å². The number of carbonyl (C=O) groups excluding carboxylic acids is 1. The molecule has 0 spiro atoms. The van der Waals surface area contributed by atoms with Crippen molar-refractivity contribution in [1.82, 2.24) is 28.6 Å². The summed E-state index contributed by atoms with van der Waals surface area (Å²) >= 11 is 6.29. The van der Waals surface area contributed by atoms with E-state index in [1.807, 2.05) is 45.0 Å². The number of halogens is 1. The Hall–Kier alpha value is -3.79. The highest BCUT2D eigenvalue weighted by molar-refractivity contribution is 6.35. The summed E-state index contributed by atoms with van der Waals surface area (Å²) in [5, 5.41) is 1.42. The van der Waals surface area contributed by atoms with Crippen LogP contribution in [0.1, 0.15) is 38.7 Å². The van der Waals surface area contributed by atoms with E-state index in [2.05, 4.69) is 9.97 Å². The van der Waals surface area contributed by atoms with Gasteiger partial charge in [0.05, 0.1) is 13.1 Å². The number of aromatic nitrogens is 5. The third-order valence-corrected chi connectivity index (χ3v) is 6.77. The van der Waals surface area contributed by atoms with E-state index in [4.69, 9.17) is 16.3 Å². The first-order valence-corrected chi connectivity index (χ1v) is 12.4. The minimum Gasteiger partial charge on any atom is -0.444 e. The zero-order valence-electron chi connectivity index (χ0n) is 21.5. The Kier molecular flexibility index (Phi) is 6.02. The van der Waals surface area contributed by atoms with Crippen LogP contribution in [0, 0.1) is 0 Å². The van der Waals surface area contributed by atoms with Gasteiger partial charge in [-0.05, 0) is 45.4 Å². The number of rotatable bonds is 3. The summed E-state index contributed by atoms with van der Waals surface area (Å²) < 4.78 is 9.79. The molecule has 0 bridgehead atoms. The zero-order chi connectivity index (χ0) is 26.6. The molecule has 37 heavy (non-hydrogen) atoms. The summed E-state index contributed by atoms with van der Waals surface area (Å²) in [4.78, 5) is 49.0. The average molecular weight is 525 g/mol.